The van der Waals surface area contributed by atoms with Gasteiger partial charge < -0.3 is 10.2 Å². The highest BCUT2D eigenvalue weighted by molar-refractivity contribution is 7.64. The monoisotopic (exact) mass is 294 g/mol. The highest BCUT2D eigenvalue weighted by atomic mass is 31.1. The molecule has 0 saturated heterocycles. The second-order valence-corrected chi connectivity index (χ2v) is 11.4. The lowest BCUT2D eigenvalue weighted by Crippen LogP contribution is -2.27. The first kappa shape index (κ1) is 17.5. The summed E-state index contributed by atoms with van der Waals surface area (Å²) in [6.07, 6.45) is 6.50. The molecule has 114 valence electrons. The summed E-state index contributed by atoms with van der Waals surface area (Å²) in [5.41, 5.74) is 2.52. The average Bonchev–Trinajstić information content (AvgIpc) is 2.22. The molecule has 1 N–H and O–H groups in total. The van der Waals surface area contributed by atoms with Gasteiger partial charge in [0.1, 0.15) is 0 Å². The minimum atomic E-state index is -0.222. The normalized spacial score (nSPS) is 18.7. The van der Waals surface area contributed by atoms with E-state index in [4.69, 9.17) is 0 Å². The van der Waals surface area contributed by atoms with Gasteiger partial charge >= 0.3 is 0 Å². The molecule has 0 aromatic carbocycles. The number of hydrogen-bond donors (Lipinski definition) is 1. The summed E-state index contributed by atoms with van der Waals surface area (Å²) < 4.78 is 0. The molecule has 1 aliphatic heterocycles. The van der Waals surface area contributed by atoms with Gasteiger partial charge in [-0.05, 0) is 42.4 Å². The van der Waals surface area contributed by atoms with Crippen molar-refractivity contribution in [2.75, 3.05) is 20.6 Å². The maximum Gasteiger partial charge on any atom is 0.0387 e. The van der Waals surface area contributed by atoms with Crippen LogP contribution in [0.15, 0.2) is 35.4 Å². The summed E-state index contributed by atoms with van der Waals surface area (Å²) in [4.78, 5) is 2.19. The Morgan fingerprint density at radius 2 is 1.65 bits per heavy atom. The number of likely N-dealkylation sites (N-methyl/N-ethyl adjacent to an activating group) is 1. The van der Waals surface area contributed by atoms with Crippen LogP contribution in [0.2, 0.25) is 0 Å². The third-order valence-electron chi connectivity index (χ3n) is 3.08. The van der Waals surface area contributed by atoms with Crippen LogP contribution >= 0.6 is 7.92 Å². The van der Waals surface area contributed by atoms with Crippen molar-refractivity contribution in [3.63, 3.8) is 0 Å². The van der Waals surface area contributed by atoms with Gasteiger partial charge in [0.05, 0.1) is 0 Å². The van der Waals surface area contributed by atoms with Gasteiger partial charge in [-0.25, -0.2) is 0 Å². The summed E-state index contributed by atoms with van der Waals surface area (Å²) >= 11 is 0. The third-order valence-corrected chi connectivity index (χ3v) is 6.51. The van der Waals surface area contributed by atoms with Crippen LogP contribution in [-0.2, 0) is 0 Å². The van der Waals surface area contributed by atoms with E-state index < -0.39 is 0 Å². The van der Waals surface area contributed by atoms with Crippen molar-refractivity contribution in [2.45, 2.75) is 51.9 Å². The van der Waals surface area contributed by atoms with Crippen molar-refractivity contribution in [2.24, 2.45) is 0 Å². The summed E-state index contributed by atoms with van der Waals surface area (Å²) in [7, 11) is 3.98. The molecule has 0 radical (unpaired) electrons. The Labute approximate surface area is 126 Å². The maximum atomic E-state index is 3.57. The molecule has 0 atom stereocenters. The molecule has 1 rings (SSSR count). The van der Waals surface area contributed by atoms with Crippen molar-refractivity contribution in [1.29, 1.82) is 0 Å². The fraction of sp³-hybridized carbons (Fsp3) is 0.647. The molecule has 0 bridgehead atoms. The van der Waals surface area contributed by atoms with Crippen LogP contribution in [0.25, 0.3) is 0 Å². The Balaban J connectivity index is 2.93. The molecule has 0 aliphatic carbocycles. The van der Waals surface area contributed by atoms with Gasteiger partial charge in [-0.3, -0.25) is 0 Å². The molecular formula is C17H31N2P. The van der Waals surface area contributed by atoms with E-state index in [1.165, 1.54) is 11.4 Å². The highest BCUT2D eigenvalue weighted by Gasteiger charge is 2.32. The van der Waals surface area contributed by atoms with E-state index in [1.807, 2.05) is 0 Å². The molecule has 1 heterocycles. The number of dihydropyridines is 1. The maximum absolute atomic E-state index is 3.57. The summed E-state index contributed by atoms with van der Waals surface area (Å²) in [5.74, 6) is 2.47. The van der Waals surface area contributed by atoms with Gasteiger partial charge in [0, 0.05) is 17.9 Å². The van der Waals surface area contributed by atoms with Gasteiger partial charge in [-0.1, -0.05) is 55.5 Å². The van der Waals surface area contributed by atoms with Crippen LogP contribution in [0.1, 0.15) is 41.5 Å². The van der Waals surface area contributed by atoms with Crippen molar-refractivity contribution in [1.82, 2.24) is 10.2 Å². The number of nitrogens with one attached hydrogen (secondary N) is 1. The summed E-state index contributed by atoms with van der Waals surface area (Å²) in [6, 6.07) is 0. The number of allylic oxidation sites excluding steroid dienone is 3. The van der Waals surface area contributed by atoms with E-state index in [1.54, 1.807) is 0 Å². The second kappa shape index (κ2) is 6.45. The highest BCUT2D eigenvalue weighted by Crippen LogP contribution is 2.60. The number of rotatable bonds is 3. The second-order valence-electron chi connectivity index (χ2n) is 7.71. The van der Waals surface area contributed by atoms with Crippen LogP contribution in [0.5, 0.6) is 0 Å². The van der Waals surface area contributed by atoms with Gasteiger partial charge in [0.25, 0.3) is 0 Å². The quantitative estimate of drug-likeness (QED) is 0.770. The summed E-state index contributed by atoms with van der Waals surface area (Å²) in [5, 5.41) is 4.21. The van der Waals surface area contributed by atoms with E-state index in [9.17, 15) is 0 Å². The zero-order chi connectivity index (χ0) is 15.6. The van der Waals surface area contributed by atoms with Crippen molar-refractivity contribution < 1.29 is 0 Å². The molecule has 2 nitrogen and oxygen atoms in total. The molecule has 0 amide bonds. The minimum absolute atomic E-state index is 0.222. The zero-order valence-electron chi connectivity index (χ0n) is 14.4. The molecule has 0 aromatic heterocycles. The topological polar surface area (TPSA) is 15.3 Å². The third kappa shape index (κ3) is 5.42. The Hall–Kier alpha value is -0.590. The molecule has 1 aliphatic rings. The number of nitrogens with zero attached hydrogens (tertiary/aromatic N) is 1. The smallest absolute Gasteiger partial charge is 0.0387 e. The van der Waals surface area contributed by atoms with Crippen LogP contribution in [0, 0.1) is 0 Å². The van der Waals surface area contributed by atoms with Crippen LogP contribution in [0.3, 0.4) is 0 Å². The average molecular weight is 294 g/mol. The Morgan fingerprint density at radius 3 is 2.10 bits per heavy atom. The van der Waals surface area contributed by atoms with Crippen LogP contribution in [-0.4, -0.2) is 35.9 Å². The van der Waals surface area contributed by atoms with Gasteiger partial charge in [-0.15, -0.1) is 0 Å². The minimum Gasteiger partial charge on any atom is -0.358 e. The predicted molar refractivity (Wildman–Crippen MR) is 93.4 cm³/mol. The lowest BCUT2D eigenvalue weighted by Gasteiger charge is -2.40. The van der Waals surface area contributed by atoms with E-state index in [0.29, 0.717) is 10.3 Å². The van der Waals surface area contributed by atoms with Crippen molar-refractivity contribution >= 4 is 7.92 Å². The fourth-order valence-corrected chi connectivity index (χ4v) is 5.79. The molecule has 0 saturated carbocycles. The lowest BCUT2D eigenvalue weighted by molar-refractivity contribution is 0.436. The Kier molecular flexibility index (Phi) is 5.63. The first-order chi connectivity index (χ1) is 9.00. The molecular weight excluding hydrogens is 263 g/mol. The predicted octanol–water partition coefficient (Wildman–Crippen LogP) is 4.51. The molecule has 0 aromatic rings. The van der Waals surface area contributed by atoms with E-state index >= 15 is 0 Å². The molecule has 0 unspecified atom stereocenters. The molecule has 20 heavy (non-hydrogen) atoms. The molecule has 3 heteroatoms. The van der Waals surface area contributed by atoms with Gasteiger partial charge in [-0.2, -0.15) is 0 Å². The lowest BCUT2D eigenvalue weighted by atomic mass is 10.2. The summed E-state index contributed by atoms with van der Waals surface area (Å²) in [6.45, 7) is 15.1. The molecule has 0 spiro atoms. The van der Waals surface area contributed by atoms with E-state index in [-0.39, 0.29) is 7.92 Å². The van der Waals surface area contributed by atoms with E-state index in [0.717, 1.165) is 6.54 Å². The fourth-order valence-electron chi connectivity index (χ4n) is 2.58. The van der Waals surface area contributed by atoms with Gasteiger partial charge in [0.2, 0.25) is 0 Å². The van der Waals surface area contributed by atoms with Crippen molar-refractivity contribution in [3.05, 3.63) is 35.4 Å². The van der Waals surface area contributed by atoms with Crippen LogP contribution in [0.4, 0.5) is 0 Å². The molecule has 0 fully saturated rings. The Morgan fingerprint density at radius 1 is 1.10 bits per heavy atom. The van der Waals surface area contributed by atoms with Crippen molar-refractivity contribution in [3.8, 4) is 0 Å². The number of hydrogen-bond acceptors (Lipinski definition) is 2. The standard InChI is InChI=1S/C17H31N2P/c1-16(2,3)20(17(4,5)6)13-15-11-9-10-14(18-15)12-19(7)8/h9-11,13,18H,12H2,1-8H3/b15-13+. The SMILES string of the molecule is CN(C)CC1=CC=C/C(=C\P(C(C)(C)C)C(C)(C)C)N1. The largest absolute Gasteiger partial charge is 0.358 e. The first-order valence-corrected chi connectivity index (χ1v) is 8.71. The zero-order valence-corrected chi connectivity index (χ0v) is 15.3. The van der Waals surface area contributed by atoms with Gasteiger partial charge in [0.15, 0.2) is 0 Å². The van der Waals surface area contributed by atoms with Crippen LogP contribution < -0.4 is 5.32 Å². The Bertz CT molecular complexity index is 403. The van der Waals surface area contributed by atoms with E-state index in [2.05, 4.69) is 89.9 Å². The first-order valence-electron chi connectivity index (χ1n) is 7.30.